The van der Waals surface area contributed by atoms with Crippen LogP contribution < -0.4 is 10.2 Å². The zero-order valence-corrected chi connectivity index (χ0v) is 15.3. The summed E-state index contributed by atoms with van der Waals surface area (Å²) in [7, 11) is 0. The number of nitrogens with one attached hydrogen (secondary N) is 1. The molecule has 2 heterocycles. The molecule has 1 saturated heterocycles. The third kappa shape index (κ3) is 4.42. The first-order chi connectivity index (χ1) is 12.2. The van der Waals surface area contributed by atoms with Gasteiger partial charge in [-0.05, 0) is 44.0 Å². The SMILES string of the molecule is C=CCn1c(C)nnc1SCC(=O)Nc1ccc(N2CCCC2)cc1. The third-order valence-electron chi connectivity index (χ3n) is 4.17. The normalized spacial score (nSPS) is 13.9. The van der Waals surface area contributed by atoms with Crippen molar-refractivity contribution in [3.8, 4) is 0 Å². The molecule has 1 aliphatic heterocycles. The van der Waals surface area contributed by atoms with Crippen molar-refractivity contribution in [2.45, 2.75) is 31.5 Å². The summed E-state index contributed by atoms with van der Waals surface area (Å²) in [4.78, 5) is 14.6. The fraction of sp³-hybridized carbons (Fsp3) is 0.389. The number of aryl methyl sites for hydroxylation is 1. The molecule has 0 saturated carbocycles. The van der Waals surface area contributed by atoms with Crippen LogP contribution in [0.25, 0.3) is 0 Å². The van der Waals surface area contributed by atoms with Crippen LogP contribution in [0.15, 0.2) is 42.1 Å². The van der Waals surface area contributed by atoms with Gasteiger partial charge in [-0.1, -0.05) is 17.8 Å². The lowest BCUT2D eigenvalue weighted by Crippen LogP contribution is -2.18. The number of hydrogen-bond donors (Lipinski definition) is 1. The van der Waals surface area contributed by atoms with Crippen molar-refractivity contribution >= 4 is 29.0 Å². The molecular formula is C18H23N5OS. The molecule has 0 unspecified atom stereocenters. The molecule has 0 spiro atoms. The summed E-state index contributed by atoms with van der Waals surface area (Å²) in [6.45, 7) is 8.50. The Kier molecular flexibility index (Phi) is 5.75. The van der Waals surface area contributed by atoms with E-state index in [0.717, 1.165) is 29.8 Å². The fourth-order valence-electron chi connectivity index (χ4n) is 2.87. The number of benzene rings is 1. The summed E-state index contributed by atoms with van der Waals surface area (Å²) in [5.41, 5.74) is 2.04. The average molecular weight is 357 g/mol. The lowest BCUT2D eigenvalue weighted by Gasteiger charge is -2.17. The van der Waals surface area contributed by atoms with Crippen LogP contribution in [0.1, 0.15) is 18.7 Å². The van der Waals surface area contributed by atoms with Crippen molar-refractivity contribution in [1.29, 1.82) is 0 Å². The number of thioether (sulfide) groups is 1. The number of carbonyl (C=O) groups is 1. The van der Waals surface area contributed by atoms with Crippen molar-refractivity contribution in [3.05, 3.63) is 42.7 Å². The largest absolute Gasteiger partial charge is 0.372 e. The van der Waals surface area contributed by atoms with Crippen molar-refractivity contribution in [3.63, 3.8) is 0 Å². The number of anilines is 2. The minimum atomic E-state index is -0.0512. The topological polar surface area (TPSA) is 63.1 Å². The third-order valence-corrected chi connectivity index (χ3v) is 5.13. The molecule has 132 valence electrons. The molecule has 1 fully saturated rings. The van der Waals surface area contributed by atoms with E-state index in [1.165, 1.54) is 30.3 Å². The zero-order chi connectivity index (χ0) is 17.6. The minimum Gasteiger partial charge on any atom is -0.372 e. The molecule has 0 radical (unpaired) electrons. The standard InChI is InChI=1S/C18H23N5OS/c1-3-10-23-14(2)20-21-18(23)25-13-17(24)19-15-6-8-16(9-7-15)22-11-4-5-12-22/h3,6-9H,1,4-5,10-13H2,2H3,(H,19,24). The number of amides is 1. The average Bonchev–Trinajstić information content (AvgIpc) is 3.26. The van der Waals surface area contributed by atoms with E-state index in [0.29, 0.717) is 12.3 Å². The Morgan fingerprint density at radius 1 is 1.28 bits per heavy atom. The molecule has 2 aromatic rings. The van der Waals surface area contributed by atoms with Crippen LogP contribution in [-0.2, 0) is 11.3 Å². The zero-order valence-electron chi connectivity index (χ0n) is 14.4. The van der Waals surface area contributed by atoms with Gasteiger partial charge in [0.2, 0.25) is 5.91 Å². The molecule has 0 bridgehead atoms. The van der Waals surface area contributed by atoms with Gasteiger partial charge in [-0.2, -0.15) is 0 Å². The van der Waals surface area contributed by atoms with Gasteiger partial charge < -0.3 is 14.8 Å². The second-order valence-corrected chi connectivity index (χ2v) is 6.95. The molecule has 1 aromatic carbocycles. The quantitative estimate of drug-likeness (QED) is 0.609. The van der Waals surface area contributed by atoms with Crippen LogP contribution in [0.2, 0.25) is 0 Å². The van der Waals surface area contributed by atoms with Gasteiger partial charge >= 0.3 is 0 Å². The lowest BCUT2D eigenvalue weighted by molar-refractivity contribution is -0.113. The van der Waals surface area contributed by atoms with Crippen molar-refractivity contribution in [1.82, 2.24) is 14.8 Å². The summed E-state index contributed by atoms with van der Waals surface area (Å²) in [5.74, 6) is 1.06. The lowest BCUT2D eigenvalue weighted by atomic mass is 10.2. The number of rotatable bonds is 7. The second kappa shape index (κ2) is 8.20. The molecule has 1 N–H and O–H groups in total. The number of nitrogens with zero attached hydrogens (tertiary/aromatic N) is 4. The molecular weight excluding hydrogens is 334 g/mol. The van der Waals surface area contributed by atoms with Gasteiger partial charge in [-0.25, -0.2) is 0 Å². The molecule has 0 atom stereocenters. The second-order valence-electron chi connectivity index (χ2n) is 6.01. The predicted octanol–water partition coefficient (Wildman–Crippen LogP) is 3.10. The van der Waals surface area contributed by atoms with E-state index in [1.807, 2.05) is 23.6 Å². The van der Waals surface area contributed by atoms with Crippen LogP contribution in [0, 0.1) is 6.92 Å². The summed E-state index contributed by atoms with van der Waals surface area (Å²) in [6, 6.07) is 8.05. The summed E-state index contributed by atoms with van der Waals surface area (Å²) in [6.07, 6.45) is 4.31. The maximum absolute atomic E-state index is 12.2. The molecule has 1 aliphatic rings. The van der Waals surface area contributed by atoms with E-state index in [1.54, 1.807) is 6.08 Å². The Hall–Kier alpha value is -2.28. The Morgan fingerprint density at radius 2 is 2.00 bits per heavy atom. The number of carbonyl (C=O) groups excluding carboxylic acids is 1. The van der Waals surface area contributed by atoms with Crippen LogP contribution >= 0.6 is 11.8 Å². The Bertz CT molecular complexity index is 734. The Labute approximate surface area is 152 Å². The first-order valence-electron chi connectivity index (χ1n) is 8.46. The van der Waals surface area contributed by atoms with E-state index in [4.69, 9.17) is 0 Å². The van der Waals surface area contributed by atoms with Gasteiger partial charge in [0, 0.05) is 31.0 Å². The molecule has 7 heteroatoms. The van der Waals surface area contributed by atoms with E-state index in [2.05, 4.69) is 39.1 Å². The highest BCUT2D eigenvalue weighted by Crippen LogP contribution is 2.22. The smallest absolute Gasteiger partial charge is 0.234 e. The van der Waals surface area contributed by atoms with E-state index in [-0.39, 0.29) is 5.91 Å². The summed E-state index contributed by atoms with van der Waals surface area (Å²) < 4.78 is 1.94. The predicted molar refractivity (Wildman–Crippen MR) is 102 cm³/mol. The highest BCUT2D eigenvalue weighted by molar-refractivity contribution is 7.99. The first kappa shape index (κ1) is 17.5. The number of aromatic nitrogens is 3. The fourth-order valence-corrected chi connectivity index (χ4v) is 3.66. The van der Waals surface area contributed by atoms with Gasteiger partial charge in [-0.15, -0.1) is 16.8 Å². The maximum atomic E-state index is 12.2. The van der Waals surface area contributed by atoms with Gasteiger partial charge in [0.1, 0.15) is 5.82 Å². The minimum absolute atomic E-state index is 0.0512. The molecule has 0 aliphatic carbocycles. The van der Waals surface area contributed by atoms with E-state index in [9.17, 15) is 4.79 Å². The molecule has 6 nitrogen and oxygen atoms in total. The van der Waals surface area contributed by atoms with Crippen LogP contribution in [-0.4, -0.2) is 39.5 Å². The molecule has 1 aromatic heterocycles. The molecule has 1 amide bonds. The van der Waals surface area contributed by atoms with Crippen molar-refractivity contribution in [2.24, 2.45) is 0 Å². The molecule has 25 heavy (non-hydrogen) atoms. The van der Waals surface area contributed by atoms with E-state index >= 15 is 0 Å². The van der Waals surface area contributed by atoms with Crippen LogP contribution in [0.3, 0.4) is 0 Å². The van der Waals surface area contributed by atoms with E-state index < -0.39 is 0 Å². The Balaban J connectivity index is 1.53. The Morgan fingerprint density at radius 3 is 2.68 bits per heavy atom. The van der Waals surface area contributed by atoms with Gasteiger partial charge in [0.15, 0.2) is 5.16 Å². The van der Waals surface area contributed by atoms with Gasteiger partial charge in [0.05, 0.1) is 5.75 Å². The van der Waals surface area contributed by atoms with Crippen LogP contribution in [0.5, 0.6) is 0 Å². The number of hydrogen-bond acceptors (Lipinski definition) is 5. The van der Waals surface area contributed by atoms with Crippen LogP contribution in [0.4, 0.5) is 11.4 Å². The summed E-state index contributed by atoms with van der Waals surface area (Å²) >= 11 is 1.38. The van der Waals surface area contributed by atoms with Crippen molar-refractivity contribution in [2.75, 3.05) is 29.1 Å². The highest BCUT2D eigenvalue weighted by Gasteiger charge is 2.13. The van der Waals surface area contributed by atoms with Gasteiger partial charge in [-0.3, -0.25) is 4.79 Å². The van der Waals surface area contributed by atoms with Gasteiger partial charge in [0.25, 0.3) is 0 Å². The number of allylic oxidation sites excluding steroid dienone is 1. The van der Waals surface area contributed by atoms with Crippen molar-refractivity contribution < 1.29 is 4.79 Å². The molecule has 3 rings (SSSR count). The summed E-state index contributed by atoms with van der Waals surface area (Å²) in [5, 5.41) is 11.8. The first-order valence-corrected chi connectivity index (χ1v) is 9.44. The monoisotopic (exact) mass is 357 g/mol. The maximum Gasteiger partial charge on any atom is 0.234 e. The highest BCUT2D eigenvalue weighted by atomic mass is 32.2.